The number of benzene rings is 4. The van der Waals surface area contributed by atoms with E-state index >= 15 is 0 Å². The fourth-order valence-corrected chi connectivity index (χ4v) is 4.76. The van der Waals surface area contributed by atoms with Crippen LogP contribution in [-0.4, -0.2) is 33.6 Å². The van der Waals surface area contributed by atoms with Crippen LogP contribution in [0.4, 0.5) is 18.9 Å². The number of amidine groups is 1. The van der Waals surface area contributed by atoms with Crippen molar-refractivity contribution in [3.63, 3.8) is 0 Å². The monoisotopic (exact) mass is 561 g/mol. The Hall–Kier alpha value is -4.31. The van der Waals surface area contributed by atoms with E-state index in [2.05, 4.69) is 45.2 Å². The Balaban J connectivity index is 1.36. The second-order valence-electron chi connectivity index (χ2n) is 9.29. The van der Waals surface area contributed by atoms with Gasteiger partial charge in [0, 0.05) is 16.8 Å². The van der Waals surface area contributed by atoms with Gasteiger partial charge in [-0.2, -0.15) is 5.10 Å². The quantitative estimate of drug-likeness (QED) is 0.129. The summed E-state index contributed by atoms with van der Waals surface area (Å²) in [6, 6.07) is 23.7. The van der Waals surface area contributed by atoms with E-state index in [1.165, 1.54) is 29.5 Å². The van der Waals surface area contributed by atoms with Crippen molar-refractivity contribution in [1.29, 1.82) is 0 Å². The highest BCUT2D eigenvalue weighted by Crippen LogP contribution is 2.29. The van der Waals surface area contributed by atoms with E-state index in [0.29, 0.717) is 16.8 Å². The Morgan fingerprint density at radius 2 is 1.80 bits per heavy atom. The number of nitrogens with zero attached hydrogens (tertiary/aromatic N) is 4. The van der Waals surface area contributed by atoms with Gasteiger partial charge < -0.3 is 10.1 Å². The predicted molar refractivity (Wildman–Crippen MR) is 158 cm³/mol. The number of para-hydroxylation sites is 1. The van der Waals surface area contributed by atoms with Crippen LogP contribution in [0.25, 0.3) is 27.5 Å². The van der Waals surface area contributed by atoms with Crippen LogP contribution in [0.5, 0.6) is 5.75 Å². The number of imidazole rings is 1. The summed E-state index contributed by atoms with van der Waals surface area (Å²) in [6.07, 6.45) is 0.581. The Morgan fingerprint density at radius 1 is 1.02 bits per heavy atom. The van der Waals surface area contributed by atoms with Crippen molar-refractivity contribution < 1.29 is 17.9 Å². The zero-order valence-electron chi connectivity index (χ0n) is 22.0. The van der Waals surface area contributed by atoms with Gasteiger partial charge >= 0.3 is 6.36 Å². The number of hydrogen-bond donors (Lipinski definition) is 1. The smallest absolute Gasteiger partial charge is 0.406 e. The van der Waals surface area contributed by atoms with E-state index < -0.39 is 6.36 Å². The fraction of sp³-hybridized carbons (Fsp3) is 0.167. The second kappa shape index (κ2) is 11.4. The van der Waals surface area contributed by atoms with Crippen molar-refractivity contribution in [3.8, 4) is 11.4 Å². The van der Waals surface area contributed by atoms with Gasteiger partial charge in [-0.25, -0.2) is 4.98 Å². The van der Waals surface area contributed by atoms with Gasteiger partial charge in [0.15, 0.2) is 5.17 Å². The molecule has 0 fully saturated rings. The molecule has 40 heavy (non-hydrogen) atoms. The molecule has 0 aliphatic carbocycles. The van der Waals surface area contributed by atoms with Crippen LogP contribution >= 0.6 is 11.8 Å². The van der Waals surface area contributed by atoms with Crippen molar-refractivity contribution in [1.82, 2.24) is 9.55 Å². The second-order valence-corrected chi connectivity index (χ2v) is 10.1. The molecule has 1 aromatic heterocycles. The number of nitrogens with one attached hydrogen (secondary N) is 1. The molecule has 0 aliphatic heterocycles. The minimum atomic E-state index is -4.73. The predicted octanol–water partition coefficient (Wildman–Crippen LogP) is 8.37. The standard InChI is InChI=1S/C30H26F3N5OS/c1-19(2)24-6-4-5-7-26(24)36-29(40-3)37-35-17-20-8-14-25-21(16-20)9-15-27-28(25)34-18-38(27)22-10-12-23(13-11-22)39-30(31,32)33/h4-19H,1-3H3,(H,36,37)/b35-17+. The highest BCUT2D eigenvalue weighted by molar-refractivity contribution is 8.13. The molecule has 6 nitrogen and oxygen atoms in total. The summed E-state index contributed by atoms with van der Waals surface area (Å²) in [6.45, 7) is 4.31. The normalized spacial score (nSPS) is 12.6. The Bertz CT molecular complexity index is 1710. The molecule has 1 heterocycles. The Morgan fingerprint density at radius 3 is 2.52 bits per heavy atom. The molecule has 5 rings (SSSR count). The van der Waals surface area contributed by atoms with Crippen molar-refractivity contribution in [3.05, 3.63) is 96.3 Å². The molecule has 0 saturated carbocycles. The zero-order valence-corrected chi connectivity index (χ0v) is 22.8. The minimum Gasteiger partial charge on any atom is -0.406 e. The third-order valence-electron chi connectivity index (χ3n) is 6.28. The third kappa shape index (κ3) is 6.12. The molecular weight excluding hydrogens is 535 g/mol. The fourth-order valence-electron chi connectivity index (χ4n) is 4.42. The summed E-state index contributed by atoms with van der Waals surface area (Å²) in [5.74, 6) is 0.106. The van der Waals surface area contributed by atoms with Crippen LogP contribution < -0.4 is 10.1 Å². The maximum atomic E-state index is 12.5. The van der Waals surface area contributed by atoms with E-state index in [9.17, 15) is 13.2 Å². The number of hydrogen-bond acceptors (Lipinski definition) is 5. The topological polar surface area (TPSA) is 63.8 Å². The summed E-state index contributed by atoms with van der Waals surface area (Å²) in [5, 5.41) is 14.7. The van der Waals surface area contributed by atoms with E-state index in [1.54, 1.807) is 24.7 Å². The molecule has 4 aromatic carbocycles. The van der Waals surface area contributed by atoms with Gasteiger partial charge in [0.2, 0.25) is 0 Å². The first kappa shape index (κ1) is 27.3. The Labute approximate surface area is 233 Å². The number of halogens is 3. The lowest BCUT2D eigenvalue weighted by atomic mass is 10.0. The maximum Gasteiger partial charge on any atom is 0.573 e. The third-order valence-corrected chi connectivity index (χ3v) is 6.85. The van der Waals surface area contributed by atoms with Crippen molar-refractivity contribution in [2.75, 3.05) is 11.6 Å². The molecular formula is C30H26F3N5OS. The van der Waals surface area contributed by atoms with Gasteiger partial charge in [-0.1, -0.05) is 62.0 Å². The molecule has 0 aliphatic rings. The molecule has 10 heteroatoms. The van der Waals surface area contributed by atoms with Gasteiger partial charge in [-0.15, -0.1) is 18.3 Å². The highest BCUT2D eigenvalue weighted by atomic mass is 32.2. The lowest BCUT2D eigenvalue weighted by Gasteiger charge is -2.14. The maximum absolute atomic E-state index is 12.5. The average molecular weight is 562 g/mol. The first-order chi connectivity index (χ1) is 19.2. The number of anilines is 1. The molecule has 1 N–H and O–H groups in total. The van der Waals surface area contributed by atoms with E-state index in [1.807, 2.05) is 59.4 Å². The van der Waals surface area contributed by atoms with Crippen molar-refractivity contribution in [2.45, 2.75) is 26.1 Å². The zero-order chi connectivity index (χ0) is 28.3. The lowest BCUT2D eigenvalue weighted by Crippen LogP contribution is -2.17. The van der Waals surface area contributed by atoms with Crippen molar-refractivity contribution >= 4 is 50.6 Å². The summed E-state index contributed by atoms with van der Waals surface area (Å²) >= 11 is 1.49. The number of rotatable bonds is 6. The van der Waals surface area contributed by atoms with Gasteiger partial charge in [-0.05, 0) is 71.2 Å². The molecule has 0 bridgehead atoms. The van der Waals surface area contributed by atoms with E-state index in [4.69, 9.17) is 0 Å². The van der Waals surface area contributed by atoms with Crippen molar-refractivity contribution in [2.24, 2.45) is 10.2 Å². The summed E-state index contributed by atoms with van der Waals surface area (Å²) in [5.41, 5.74) is 5.41. The first-order valence-electron chi connectivity index (χ1n) is 12.5. The van der Waals surface area contributed by atoms with E-state index in [-0.39, 0.29) is 5.75 Å². The molecule has 0 saturated heterocycles. The van der Waals surface area contributed by atoms with Crippen LogP contribution in [0.1, 0.15) is 30.9 Å². The SMILES string of the molecule is CS/C(=N\N=C\c1ccc2c(ccc3c2ncn3-c2ccc(OC(F)(F)F)cc2)c1)Nc1ccccc1C(C)C. The van der Waals surface area contributed by atoms with Gasteiger partial charge in [0.1, 0.15) is 12.1 Å². The van der Waals surface area contributed by atoms with Gasteiger partial charge in [0.05, 0.1) is 17.2 Å². The largest absolute Gasteiger partial charge is 0.573 e. The lowest BCUT2D eigenvalue weighted by molar-refractivity contribution is -0.274. The molecule has 0 radical (unpaired) electrons. The first-order valence-corrected chi connectivity index (χ1v) is 13.7. The van der Waals surface area contributed by atoms with Crippen LogP contribution in [0.2, 0.25) is 0 Å². The number of aromatic nitrogens is 2. The summed E-state index contributed by atoms with van der Waals surface area (Å²) in [7, 11) is 0. The van der Waals surface area contributed by atoms with E-state index in [0.717, 1.165) is 33.1 Å². The summed E-state index contributed by atoms with van der Waals surface area (Å²) in [4.78, 5) is 4.58. The average Bonchev–Trinajstić information content (AvgIpc) is 3.36. The molecule has 0 unspecified atom stereocenters. The van der Waals surface area contributed by atoms with Crippen LogP contribution in [-0.2, 0) is 0 Å². The number of thioether (sulfide) groups is 1. The number of alkyl halides is 3. The molecule has 0 atom stereocenters. The molecule has 0 spiro atoms. The van der Waals surface area contributed by atoms with Crippen LogP contribution in [0.15, 0.2) is 95.4 Å². The molecule has 5 aromatic rings. The van der Waals surface area contributed by atoms with Crippen LogP contribution in [0, 0.1) is 0 Å². The summed E-state index contributed by atoms with van der Waals surface area (Å²) < 4.78 is 43.2. The number of fused-ring (bicyclic) bond motifs is 3. The van der Waals surface area contributed by atoms with Gasteiger partial charge in [-0.3, -0.25) is 4.57 Å². The minimum absolute atomic E-state index is 0.273. The Kier molecular flexibility index (Phi) is 7.79. The van der Waals surface area contributed by atoms with Gasteiger partial charge in [0.25, 0.3) is 0 Å². The molecule has 0 amide bonds. The van der Waals surface area contributed by atoms with Crippen LogP contribution in [0.3, 0.4) is 0 Å². The highest BCUT2D eigenvalue weighted by Gasteiger charge is 2.31. The number of ether oxygens (including phenoxy) is 1. The molecule has 204 valence electrons.